The minimum atomic E-state index is -3.81. The fourth-order valence-corrected chi connectivity index (χ4v) is 3.15. The van der Waals surface area contributed by atoms with Crippen LogP contribution in [-0.2, 0) is 14.8 Å². The highest BCUT2D eigenvalue weighted by Crippen LogP contribution is 2.17. The number of ether oxygens (including phenoxy) is 1. The van der Waals surface area contributed by atoms with Crippen molar-refractivity contribution in [2.75, 3.05) is 20.3 Å². The smallest absolute Gasteiger partial charge is 0.242 e. The first-order valence-corrected chi connectivity index (χ1v) is 7.92. The van der Waals surface area contributed by atoms with E-state index >= 15 is 0 Å². The fourth-order valence-electron chi connectivity index (χ4n) is 1.70. The maximum atomic E-state index is 13.3. The second-order valence-corrected chi connectivity index (χ2v) is 6.01. The molecule has 3 N–H and O–H groups in total. The van der Waals surface area contributed by atoms with Crippen LogP contribution in [0.2, 0.25) is 0 Å². The Morgan fingerprint density at radius 1 is 1.48 bits per heavy atom. The van der Waals surface area contributed by atoms with Crippen LogP contribution in [0.1, 0.15) is 18.9 Å². The van der Waals surface area contributed by atoms with E-state index in [-0.39, 0.29) is 29.7 Å². The third-order valence-corrected chi connectivity index (χ3v) is 4.32. The van der Waals surface area contributed by atoms with Crippen molar-refractivity contribution in [1.82, 2.24) is 4.72 Å². The molecule has 1 atom stereocenters. The lowest BCUT2D eigenvalue weighted by Crippen LogP contribution is -2.37. The Bertz CT molecular complexity index is 635. The molecule has 0 aliphatic rings. The summed E-state index contributed by atoms with van der Waals surface area (Å²) in [5.41, 5.74) is 5.35. The summed E-state index contributed by atoms with van der Waals surface area (Å²) in [6.45, 7) is 2.15. The number of nitrogens with one attached hydrogen (secondary N) is 1. The first kappa shape index (κ1) is 17.6. The Morgan fingerprint density at radius 3 is 2.76 bits per heavy atom. The van der Waals surface area contributed by atoms with E-state index in [2.05, 4.69) is 16.6 Å². The van der Waals surface area contributed by atoms with Gasteiger partial charge in [0.15, 0.2) is 0 Å². The highest BCUT2D eigenvalue weighted by atomic mass is 32.2. The normalized spacial score (nSPS) is 12.6. The molecule has 0 aliphatic carbocycles. The van der Waals surface area contributed by atoms with Crippen molar-refractivity contribution in [1.29, 1.82) is 0 Å². The van der Waals surface area contributed by atoms with Crippen LogP contribution in [0.5, 0.6) is 0 Å². The summed E-state index contributed by atoms with van der Waals surface area (Å²) in [5.74, 6) is 4.55. The first-order chi connectivity index (χ1) is 9.94. The largest absolute Gasteiger partial charge is 0.383 e. The zero-order chi connectivity index (χ0) is 15.9. The number of rotatable bonds is 6. The number of methoxy groups -OCH3 is 1. The molecule has 0 saturated heterocycles. The van der Waals surface area contributed by atoms with Crippen LogP contribution < -0.4 is 10.5 Å². The summed E-state index contributed by atoms with van der Waals surface area (Å²) in [7, 11) is -2.32. The van der Waals surface area contributed by atoms with Gasteiger partial charge in [0.2, 0.25) is 10.0 Å². The Morgan fingerprint density at radius 2 is 2.19 bits per heavy atom. The van der Waals surface area contributed by atoms with Crippen LogP contribution in [-0.4, -0.2) is 34.7 Å². The summed E-state index contributed by atoms with van der Waals surface area (Å²) >= 11 is 0. The number of hydrogen-bond acceptors (Lipinski definition) is 4. The van der Waals surface area contributed by atoms with Gasteiger partial charge in [-0.2, -0.15) is 0 Å². The summed E-state index contributed by atoms with van der Waals surface area (Å²) in [5, 5.41) is 0. The maximum Gasteiger partial charge on any atom is 0.242 e. The van der Waals surface area contributed by atoms with Gasteiger partial charge in [0.1, 0.15) is 5.82 Å². The minimum absolute atomic E-state index is 0.0602. The fraction of sp³-hybridized carbons (Fsp3) is 0.429. The van der Waals surface area contributed by atoms with E-state index in [4.69, 9.17) is 10.5 Å². The van der Waals surface area contributed by atoms with E-state index in [1.807, 2.05) is 6.92 Å². The Labute approximate surface area is 124 Å². The number of hydrogen-bond donors (Lipinski definition) is 2. The first-order valence-electron chi connectivity index (χ1n) is 6.44. The van der Waals surface area contributed by atoms with Crippen molar-refractivity contribution in [2.24, 2.45) is 5.73 Å². The number of sulfonamides is 1. The van der Waals surface area contributed by atoms with Crippen LogP contribution in [0.4, 0.5) is 4.39 Å². The van der Waals surface area contributed by atoms with E-state index in [1.54, 1.807) is 0 Å². The molecule has 1 unspecified atom stereocenters. The highest BCUT2D eigenvalue weighted by molar-refractivity contribution is 7.89. The highest BCUT2D eigenvalue weighted by Gasteiger charge is 2.22. The lowest BCUT2D eigenvalue weighted by molar-refractivity contribution is 0.173. The molecule has 5 nitrogen and oxygen atoms in total. The molecule has 0 saturated carbocycles. The van der Waals surface area contributed by atoms with Gasteiger partial charge in [-0.25, -0.2) is 17.5 Å². The molecule has 0 heterocycles. The second-order valence-electron chi connectivity index (χ2n) is 4.33. The van der Waals surface area contributed by atoms with Gasteiger partial charge in [0.25, 0.3) is 0 Å². The van der Waals surface area contributed by atoms with Gasteiger partial charge in [-0.15, -0.1) is 0 Å². The topological polar surface area (TPSA) is 81.4 Å². The zero-order valence-electron chi connectivity index (χ0n) is 12.0. The zero-order valence-corrected chi connectivity index (χ0v) is 12.8. The summed E-state index contributed by atoms with van der Waals surface area (Å²) in [6.07, 6.45) is 0.568. The molecule has 0 aromatic heterocycles. The van der Waals surface area contributed by atoms with Gasteiger partial charge < -0.3 is 10.5 Å². The van der Waals surface area contributed by atoms with Gasteiger partial charge in [0, 0.05) is 18.7 Å². The van der Waals surface area contributed by atoms with Gasteiger partial charge in [-0.1, -0.05) is 18.8 Å². The average Bonchev–Trinajstić information content (AvgIpc) is 2.44. The van der Waals surface area contributed by atoms with Crippen LogP contribution in [0.3, 0.4) is 0 Å². The molecular formula is C14H19FN2O3S. The van der Waals surface area contributed by atoms with Crippen LogP contribution >= 0.6 is 0 Å². The standard InChI is InChI=1S/C14H19FN2O3S/c1-3-13(10-20-2)17-21(18,19)14-7-6-12(15)9-11(14)5-4-8-16/h6-7,9,13,17H,3,8,10,16H2,1-2H3. The average molecular weight is 314 g/mol. The lowest BCUT2D eigenvalue weighted by atomic mass is 10.2. The molecule has 0 radical (unpaired) electrons. The third-order valence-electron chi connectivity index (χ3n) is 2.74. The van der Waals surface area contributed by atoms with E-state index in [1.165, 1.54) is 13.2 Å². The molecule has 1 aromatic carbocycles. The van der Waals surface area contributed by atoms with E-state index < -0.39 is 15.8 Å². The van der Waals surface area contributed by atoms with Crippen molar-refractivity contribution in [2.45, 2.75) is 24.3 Å². The van der Waals surface area contributed by atoms with Crippen LogP contribution in [0.25, 0.3) is 0 Å². The molecule has 7 heteroatoms. The molecular weight excluding hydrogens is 295 g/mol. The van der Waals surface area contributed by atoms with Gasteiger partial charge in [0.05, 0.1) is 18.0 Å². The Hall–Kier alpha value is -1.46. The third kappa shape index (κ3) is 5.10. The maximum absolute atomic E-state index is 13.3. The van der Waals surface area contributed by atoms with E-state index in [9.17, 15) is 12.8 Å². The molecule has 0 aliphatic heterocycles. The molecule has 21 heavy (non-hydrogen) atoms. The SMILES string of the molecule is CCC(COC)NS(=O)(=O)c1ccc(F)cc1C#CCN. The number of nitrogens with two attached hydrogens (primary N) is 1. The van der Waals surface area contributed by atoms with Crippen LogP contribution in [0.15, 0.2) is 23.1 Å². The summed E-state index contributed by atoms with van der Waals surface area (Å²) in [6, 6.07) is 2.99. The molecule has 1 aromatic rings. The molecule has 0 fully saturated rings. The second kappa shape index (κ2) is 8.10. The van der Waals surface area contributed by atoms with Crippen molar-refractivity contribution in [3.05, 3.63) is 29.6 Å². The number of halogens is 1. The van der Waals surface area contributed by atoms with Gasteiger partial charge in [-0.05, 0) is 24.6 Å². The monoisotopic (exact) mass is 314 g/mol. The Kier molecular flexibility index (Phi) is 6.78. The van der Waals surface area contributed by atoms with Crippen molar-refractivity contribution in [3.63, 3.8) is 0 Å². The van der Waals surface area contributed by atoms with E-state index in [0.29, 0.717) is 6.42 Å². The molecule has 116 valence electrons. The molecule has 1 rings (SSSR count). The molecule has 0 spiro atoms. The minimum Gasteiger partial charge on any atom is -0.383 e. The van der Waals surface area contributed by atoms with Gasteiger partial charge in [-0.3, -0.25) is 0 Å². The lowest BCUT2D eigenvalue weighted by Gasteiger charge is -2.16. The van der Waals surface area contributed by atoms with Gasteiger partial charge >= 0.3 is 0 Å². The van der Waals surface area contributed by atoms with Crippen LogP contribution in [0, 0.1) is 17.7 Å². The summed E-state index contributed by atoms with van der Waals surface area (Å²) < 4.78 is 45.5. The molecule has 0 bridgehead atoms. The quantitative estimate of drug-likeness (QED) is 0.762. The molecule has 0 amide bonds. The predicted octanol–water partition coefficient (Wildman–Crippen LogP) is 0.839. The number of benzene rings is 1. The Balaban J connectivity index is 3.18. The van der Waals surface area contributed by atoms with Crippen molar-refractivity contribution in [3.8, 4) is 11.8 Å². The van der Waals surface area contributed by atoms with Crippen molar-refractivity contribution >= 4 is 10.0 Å². The van der Waals surface area contributed by atoms with E-state index in [0.717, 1.165) is 12.1 Å². The predicted molar refractivity (Wildman–Crippen MR) is 78.6 cm³/mol. The van der Waals surface area contributed by atoms with Crippen molar-refractivity contribution < 1.29 is 17.5 Å². The summed E-state index contributed by atoms with van der Waals surface area (Å²) in [4.78, 5) is -0.0700.